The lowest BCUT2D eigenvalue weighted by atomic mass is 9.91. The quantitative estimate of drug-likeness (QED) is 0.801. The fraction of sp³-hybridized carbons (Fsp3) is 0.923. The summed E-state index contributed by atoms with van der Waals surface area (Å²) in [6.45, 7) is 5.27. The van der Waals surface area contributed by atoms with Crippen LogP contribution in [0.5, 0.6) is 0 Å². The molecule has 8 heteroatoms. The van der Waals surface area contributed by atoms with Gasteiger partial charge in [-0.1, -0.05) is 0 Å². The van der Waals surface area contributed by atoms with Gasteiger partial charge in [0.1, 0.15) is 0 Å². The average molecular weight is 319 g/mol. The van der Waals surface area contributed by atoms with Crippen LogP contribution in [-0.2, 0) is 14.9 Å². The molecule has 0 radical (unpaired) electrons. The SMILES string of the molecule is CC(C)OC(=O)NS(=O)(=O)N1CCCC(C2CCCN2)C1. The molecule has 2 rings (SSSR count). The van der Waals surface area contributed by atoms with Crippen molar-refractivity contribution in [1.82, 2.24) is 14.3 Å². The summed E-state index contributed by atoms with van der Waals surface area (Å²) in [5.74, 6) is 0.318. The largest absolute Gasteiger partial charge is 0.446 e. The Bertz CT molecular complexity index is 460. The molecule has 21 heavy (non-hydrogen) atoms. The third-order valence-electron chi connectivity index (χ3n) is 3.98. The maximum absolute atomic E-state index is 12.2. The van der Waals surface area contributed by atoms with Gasteiger partial charge < -0.3 is 10.1 Å². The number of rotatable bonds is 4. The maximum Gasteiger partial charge on any atom is 0.422 e. The Morgan fingerprint density at radius 1 is 1.33 bits per heavy atom. The van der Waals surface area contributed by atoms with Gasteiger partial charge in [-0.25, -0.2) is 9.52 Å². The van der Waals surface area contributed by atoms with Crippen LogP contribution in [0, 0.1) is 5.92 Å². The van der Waals surface area contributed by atoms with Crippen molar-refractivity contribution in [1.29, 1.82) is 0 Å². The Labute approximate surface area is 126 Å². The van der Waals surface area contributed by atoms with Crippen LogP contribution in [0.1, 0.15) is 39.5 Å². The molecule has 2 atom stereocenters. The second-order valence-electron chi connectivity index (χ2n) is 6.02. The Morgan fingerprint density at radius 2 is 2.10 bits per heavy atom. The second kappa shape index (κ2) is 6.93. The van der Waals surface area contributed by atoms with E-state index in [0.717, 1.165) is 32.2 Å². The zero-order valence-corrected chi connectivity index (χ0v) is 13.5. The van der Waals surface area contributed by atoms with Crippen molar-refractivity contribution in [3.8, 4) is 0 Å². The number of piperidine rings is 1. The number of amides is 1. The van der Waals surface area contributed by atoms with Crippen molar-refractivity contribution in [2.75, 3.05) is 19.6 Å². The first-order valence-corrected chi connectivity index (χ1v) is 9.04. The predicted octanol–water partition coefficient (Wildman–Crippen LogP) is 0.830. The standard InChI is InChI=1S/C13H25N3O4S/c1-10(2)20-13(17)15-21(18,19)16-8-4-5-11(9-16)12-6-3-7-14-12/h10-12,14H,3-9H2,1-2H3,(H,15,17). The fourth-order valence-electron chi connectivity index (χ4n) is 3.04. The van der Waals surface area contributed by atoms with Crippen LogP contribution in [0.25, 0.3) is 0 Å². The van der Waals surface area contributed by atoms with Crippen molar-refractivity contribution in [2.45, 2.75) is 51.7 Å². The van der Waals surface area contributed by atoms with E-state index >= 15 is 0 Å². The molecule has 0 aliphatic carbocycles. The van der Waals surface area contributed by atoms with Gasteiger partial charge in [0, 0.05) is 19.1 Å². The fourth-order valence-corrected chi connectivity index (χ4v) is 4.19. The summed E-state index contributed by atoms with van der Waals surface area (Å²) in [5, 5.41) is 3.43. The molecule has 2 saturated heterocycles. The average Bonchev–Trinajstić information content (AvgIpc) is 2.91. The number of ether oxygens (including phenoxy) is 1. The van der Waals surface area contributed by atoms with Crippen LogP contribution in [0.2, 0.25) is 0 Å². The van der Waals surface area contributed by atoms with Crippen LogP contribution >= 0.6 is 0 Å². The van der Waals surface area contributed by atoms with Crippen LogP contribution in [0.15, 0.2) is 0 Å². The number of carbonyl (C=O) groups is 1. The van der Waals surface area contributed by atoms with Gasteiger partial charge in [0.25, 0.3) is 0 Å². The summed E-state index contributed by atoms with van der Waals surface area (Å²) in [5.41, 5.74) is 0. The van der Waals surface area contributed by atoms with Gasteiger partial charge in [0.2, 0.25) is 0 Å². The Morgan fingerprint density at radius 3 is 2.71 bits per heavy atom. The highest BCUT2D eigenvalue weighted by Crippen LogP contribution is 2.25. The van der Waals surface area contributed by atoms with Gasteiger partial charge in [-0.05, 0) is 52.0 Å². The first-order chi connectivity index (χ1) is 9.88. The molecule has 2 heterocycles. The lowest BCUT2D eigenvalue weighted by molar-refractivity contribution is 0.120. The third kappa shape index (κ3) is 4.55. The highest BCUT2D eigenvalue weighted by Gasteiger charge is 2.34. The Hall–Kier alpha value is -0.860. The molecule has 2 aliphatic heterocycles. The van der Waals surface area contributed by atoms with E-state index in [9.17, 15) is 13.2 Å². The summed E-state index contributed by atoms with van der Waals surface area (Å²) < 4.78 is 32.6. The molecule has 0 aromatic rings. The van der Waals surface area contributed by atoms with E-state index in [4.69, 9.17) is 4.74 Å². The minimum Gasteiger partial charge on any atom is -0.446 e. The minimum absolute atomic E-state index is 0.318. The molecule has 2 N–H and O–H groups in total. The first kappa shape index (κ1) is 16.5. The van der Waals surface area contributed by atoms with Gasteiger partial charge in [-0.15, -0.1) is 0 Å². The van der Waals surface area contributed by atoms with Crippen molar-refractivity contribution >= 4 is 16.3 Å². The number of nitrogens with zero attached hydrogens (tertiary/aromatic N) is 1. The summed E-state index contributed by atoms with van der Waals surface area (Å²) in [6, 6.07) is 0.394. The van der Waals surface area contributed by atoms with E-state index in [1.165, 1.54) is 4.31 Å². The molecule has 0 aromatic carbocycles. The molecule has 0 bridgehead atoms. The van der Waals surface area contributed by atoms with Gasteiger partial charge in [0.15, 0.2) is 0 Å². The van der Waals surface area contributed by atoms with E-state index in [1.54, 1.807) is 13.8 Å². The van der Waals surface area contributed by atoms with E-state index < -0.39 is 16.3 Å². The highest BCUT2D eigenvalue weighted by atomic mass is 32.2. The number of hydrogen-bond acceptors (Lipinski definition) is 5. The van der Waals surface area contributed by atoms with E-state index in [2.05, 4.69) is 5.32 Å². The van der Waals surface area contributed by atoms with Gasteiger partial charge in [-0.2, -0.15) is 12.7 Å². The van der Waals surface area contributed by atoms with Crippen LogP contribution in [0.4, 0.5) is 4.79 Å². The molecular weight excluding hydrogens is 294 g/mol. The minimum atomic E-state index is -3.81. The molecule has 2 unspecified atom stereocenters. The molecule has 7 nitrogen and oxygen atoms in total. The molecule has 122 valence electrons. The molecule has 2 aliphatic rings. The maximum atomic E-state index is 12.2. The highest BCUT2D eigenvalue weighted by molar-refractivity contribution is 7.87. The normalized spacial score (nSPS) is 27.8. The van der Waals surface area contributed by atoms with Crippen molar-refractivity contribution in [3.05, 3.63) is 0 Å². The van der Waals surface area contributed by atoms with Crippen LogP contribution in [0.3, 0.4) is 0 Å². The van der Waals surface area contributed by atoms with Gasteiger partial charge >= 0.3 is 16.3 Å². The van der Waals surface area contributed by atoms with Crippen molar-refractivity contribution in [2.24, 2.45) is 5.92 Å². The lowest BCUT2D eigenvalue weighted by Crippen LogP contribution is -2.50. The summed E-state index contributed by atoms with van der Waals surface area (Å²) in [4.78, 5) is 11.5. The molecular formula is C13H25N3O4S. The molecule has 0 saturated carbocycles. The Balaban J connectivity index is 1.94. The molecule has 0 aromatic heterocycles. The zero-order chi connectivity index (χ0) is 15.5. The van der Waals surface area contributed by atoms with Crippen LogP contribution < -0.4 is 10.0 Å². The third-order valence-corrected chi connectivity index (χ3v) is 5.42. The van der Waals surface area contributed by atoms with E-state index in [-0.39, 0.29) is 6.10 Å². The van der Waals surface area contributed by atoms with E-state index in [0.29, 0.717) is 25.0 Å². The van der Waals surface area contributed by atoms with Crippen LogP contribution in [-0.4, -0.2) is 50.6 Å². The predicted molar refractivity (Wildman–Crippen MR) is 79.0 cm³/mol. The molecule has 2 fully saturated rings. The lowest BCUT2D eigenvalue weighted by Gasteiger charge is -2.34. The zero-order valence-electron chi connectivity index (χ0n) is 12.7. The monoisotopic (exact) mass is 319 g/mol. The summed E-state index contributed by atoms with van der Waals surface area (Å²) in [6.07, 6.45) is 2.83. The number of carbonyl (C=O) groups excluding carboxylic acids is 1. The molecule has 1 amide bonds. The smallest absolute Gasteiger partial charge is 0.422 e. The van der Waals surface area contributed by atoms with Gasteiger partial charge in [0.05, 0.1) is 6.10 Å². The Kier molecular flexibility index (Phi) is 5.45. The van der Waals surface area contributed by atoms with E-state index in [1.807, 2.05) is 4.72 Å². The second-order valence-corrected chi connectivity index (χ2v) is 7.69. The first-order valence-electron chi connectivity index (χ1n) is 7.60. The van der Waals surface area contributed by atoms with Crippen molar-refractivity contribution in [3.63, 3.8) is 0 Å². The number of nitrogens with one attached hydrogen (secondary N) is 2. The molecule has 0 spiro atoms. The summed E-state index contributed by atoms with van der Waals surface area (Å²) >= 11 is 0. The number of hydrogen-bond donors (Lipinski definition) is 2. The van der Waals surface area contributed by atoms with Crippen molar-refractivity contribution < 1.29 is 17.9 Å². The van der Waals surface area contributed by atoms with Gasteiger partial charge in [-0.3, -0.25) is 0 Å². The topological polar surface area (TPSA) is 87.7 Å². The summed E-state index contributed by atoms with van der Waals surface area (Å²) in [7, 11) is -3.81.